The number of carbonyl (C=O) groups is 2. The number of hydrogen-bond acceptors (Lipinski definition) is 7. The maximum atomic E-state index is 12.2. The number of amides is 2. The molecule has 0 aromatic rings. The van der Waals surface area contributed by atoms with Crippen molar-refractivity contribution in [3.63, 3.8) is 0 Å². The van der Waals surface area contributed by atoms with Gasteiger partial charge in [-0.1, -0.05) is 11.8 Å². The summed E-state index contributed by atoms with van der Waals surface area (Å²) in [6.07, 6.45) is 2.94. The van der Waals surface area contributed by atoms with Crippen molar-refractivity contribution in [1.29, 1.82) is 5.41 Å². The van der Waals surface area contributed by atoms with Gasteiger partial charge in [0, 0.05) is 26.1 Å². The monoisotopic (exact) mass is 387 g/mol. The molecule has 9 heteroatoms. The van der Waals surface area contributed by atoms with E-state index in [9.17, 15) is 9.59 Å². The summed E-state index contributed by atoms with van der Waals surface area (Å²) < 4.78 is 16.1. The van der Waals surface area contributed by atoms with Crippen molar-refractivity contribution < 1.29 is 23.8 Å². The lowest BCUT2D eigenvalue weighted by molar-refractivity contribution is -0.143. The molecule has 2 N–H and O–H groups in total. The fraction of sp³-hybridized carbons (Fsp3) is 0.824. The first kappa shape index (κ1) is 21.1. The Balaban J connectivity index is 1.64. The molecule has 1 aliphatic heterocycles. The van der Waals surface area contributed by atoms with Crippen molar-refractivity contribution in [1.82, 2.24) is 10.2 Å². The summed E-state index contributed by atoms with van der Waals surface area (Å²) in [6, 6.07) is 0. The minimum absolute atomic E-state index is 0.00546. The second kappa shape index (κ2) is 10.9. The molecule has 0 spiro atoms. The molecule has 1 saturated carbocycles. The molecule has 1 saturated heterocycles. The molecule has 0 radical (unpaired) electrons. The molecule has 1 aliphatic carbocycles. The third-order valence-corrected chi connectivity index (χ3v) is 5.57. The van der Waals surface area contributed by atoms with E-state index in [1.54, 1.807) is 12.0 Å². The Kier molecular flexibility index (Phi) is 8.83. The van der Waals surface area contributed by atoms with Crippen LogP contribution in [0.4, 0.5) is 0 Å². The van der Waals surface area contributed by atoms with E-state index in [2.05, 4.69) is 5.32 Å². The van der Waals surface area contributed by atoms with Crippen LogP contribution >= 0.6 is 11.8 Å². The van der Waals surface area contributed by atoms with Gasteiger partial charge in [0.25, 0.3) is 0 Å². The van der Waals surface area contributed by atoms with E-state index < -0.39 is 0 Å². The van der Waals surface area contributed by atoms with Crippen molar-refractivity contribution in [3.8, 4) is 0 Å². The molecule has 0 aromatic heterocycles. The Bertz CT molecular complexity index is 491. The molecule has 2 amide bonds. The number of nitrogens with zero attached hydrogens (tertiary/aromatic N) is 1. The summed E-state index contributed by atoms with van der Waals surface area (Å²) in [6.45, 7) is 4.34. The lowest BCUT2D eigenvalue weighted by Gasteiger charge is -2.30. The van der Waals surface area contributed by atoms with E-state index in [1.165, 1.54) is 11.8 Å². The standard InChI is InChI=1S/C17H29N3O5S/c1-12(23-2)26-17(18)19-16(22)13-3-5-14(6-4-13)25-11-15(21)20-7-9-24-10-8-20/h12-14H,3-11H2,1-2H3,(H2,18,19,22). The summed E-state index contributed by atoms with van der Waals surface area (Å²) in [5.74, 6) is -0.219. The van der Waals surface area contributed by atoms with Gasteiger partial charge < -0.3 is 24.4 Å². The molecular weight excluding hydrogens is 358 g/mol. The minimum Gasteiger partial charge on any atom is -0.378 e. The predicted molar refractivity (Wildman–Crippen MR) is 99.0 cm³/mol. The second-order valence-corrected chi connectivity index (χ2v) is 7.83. The van der Waals surface area contributed by atoms with Gasteiger partial charge in [-0.25, -0.2) is 0 Å². The molecule has 26 heavy (non-hydrogen) atoms. The van der Waals surface area contributed by atoms with E-state index in [0.29, 0.717) is 39.1 Å². The molecule has 148 valence electrons. The SMILES string of the molecule is COC(C)SC(=N)NC(=O)C1CCC(OCC(=O)N2CCOCC2)CC1. The third-order valence-electron chi connectivity index (χ3n) is 4.70. The van der Waals surface area contributed by atoms with Crippen molar-refractivity contribution in [2.24, 2.45) is 5.92 Å². The molecule has 1 unspecified atom stereocenters. The number of rotatable bonds is 6. The van der Waals surface area contributed by atoms with Gasteiger partial charge >= 0.3 is 0 Å². The quantitative estimate of drug-likeness (QED) is 0.403. The van der Waals surface area contributed by atoms with Crippen LogP contribution in [-0.2, 0) is 23.8 Å². The number of morpholine rings is 1. The zero-order chi connectivity index (χ0) is 18.9. The van der Waals surface area contributed by atoms with E-state index in [-0.39, 0.29) is 41.0 Å². The largest absolute Gasteiger partial charge is 0.378 e. The van der Waals surface area contributed by atoms with Crippen LogP contribution in [0.2, 0.25) is 0 Å². The van der Waals surface area contributed by atoms with E-state index >= 15 is 0 Å². The highest BCUT2D eigenvalue weighted by atomic mass is 32.2. The highest BCUT2D eigenvalue weighted by Gasteiger charge is 2.28. The highest BCUT2D eigenvalue weighted by molar-refractivity contribution is 8.14. The van der Waals surface area contributed by atoms with Crippen molar-refractivity contribution in [2.75, 3.05) is 40.0 Å². The molecule has 1 heterocycles. The third kappa shape index (κ3) is 6.86. The van der Waals surface area contributed by atoms with Gasteiger partial charge in [0.2, 0.25) is 11.8 Å². The van der Waals surface area contributed by atoms with Gasteiger partial charge in [-0.2, -0.15) is 0 Å². The number of hydrogen-bond donors (Lipinski definition) is 2. The average Bonchev–Trinajstić information content (AvgIpc) is 2.66. The Morgan fingerprint density at radius 2 is 1.92 bits per heavy atom. The van der Waals surface area contributed by atoms with Crippen LogP contribution < -0.4 is 5.32 Å². The smallest absolute Gasteiger partial charge is 0.248 e. The first-order chi connectivity index (χ1) is 12.5. The fourth-order valence-electron chi connectivity index (χ4n) is 3.04. The summed E-state index contributed by atoms with van der Waals surface area (Å²) in [5.41, 5.74) is -0.170. The van der Waals surface area contributed by atoms with Crippen LogP contribution in [-0.4, -0.2) is 73.4 Å². The zero-order valence-electron chi connectivity index (χ0n) is 15.5. The highest BCUT2D eigenvalue weighted by Crippen LogP contribution is 2.26. The van der Waals surface area contributed by atoms with Crippen LogP contribution in [0.15, 0.2) is 0 Å². The Morgan fingerprint density at radius 1 is 1.27 bits per heavy atom. The van der Waals surface area contributed by atoms with E-state index in [4.69, 9.17) is 19.6 Å². The van der Waals surface area contributed by atoms with Crippen molar-refractivity contribution in [2.45, 2.75) is 44.1 Å². The van der Waals surface area contributed by atoms with Gasteiger partial charge in [0.1, 0.15) is 12.0 Å². The Labute approximate surface area is 158 Å². The molecule has 0 aromatic carbocycles. The van der Waals surface area contributed by atoms with E-state index in [0.717, 1.165) is 12.8 Å². The Hall–Kier alpha value is -1.16. The first-order valence-corrected chi connectivity index (χ1v) is 9.93. The molecule has 0 bridgehead atoms. The number of methoxy groups -OCH3 is 1. The summed E-state index contributed by atoms with van der Waals surface area (Å²) in [7, 11) is 1.57. The van der Waals surface area contributed by atoms with Crippen LogP contribution in [0, 0.1) is 11.3 Å². The lowest BCUT2D eigenvalue weighted by Crippen LogP contribution is -2.43. The number of nitrogens with one attached hydrogen (secondary N) is 2. The molecule has 1 atom stereocenters. The molecule has 2 fully saturated rings. The lowest BCUT2D eigenvalue weighted by atomic mass is 9.87. The van der Waals surface area contributed by atoms with Crippen LogP contribution in [0.5, 0.6) is 0 Å². The van der Waals surface area contributed by atoms with Crippen molar-refractivity contribution in [3.05, 3.63) is 0 Å². The number of amidine groups is 1. The minimum atomic E-state index is -0.170. The maximum absolute atomic E-state index is 12.2. The molecular formula is C17H29N3O5S. The summed E-state index contributed by atoms with van der Waals surface area (Å²) in [4.78, 5) is 26.1. The zero-order valence-corrected chi connectivity index (χ0v) is 16.3. The normalized spacial score (nSPS) is 24.8. The number of carbonyl (C=O) groups excluding carboxylic acids is 2. The number of thioether (sulfide) groups is 1. The fourth-order valence-corrected chi connectivity index (χ4v) is 3.63. The maximum Gasteiger partial charge on any atom is 0.248 e. The molecule has 2 rings (SSSR count). The topological polar surface area (TPSA) is 101 Å². The van der Waals surface area contributed by atoms with E-state index in [1.807, 2.05) is 6.92 Å². The van der Waals surface area contributed by atoms with Gasteiger partial charge in [0.15, 0.2) is 5.17 Å². The van der Waals surface area contributed by atoms with Gasteiger partial charge in [-0.3, -0.25) is 15.0 Å². The summed E-state index contributed by atoms with van der Waals surface area (Å²) in [5, 5.41) is 10.5. The first-order valence-electron chi connectivity index (χ1n) is 9.05. The number of ether oxygens (including phenoxy) is 3. The molecule has 2 aliphatic rings. The van der Waals surface area contributed by atoms with Crippen LogP contribution in [0.25, 0.3) is 0 Å². The average molecular weight is 388 g/mol. The van der Waals surface area contributed by atoms with Crippen LogP contribution in [0.1, 0.15) is 32.6 Å². The van der Waals surface area contributed by atoms with Gasteiger partial charge in [0.05, 0.1) is 19.3 Å². The van der Waals surface area contributed by atoms with Crippen LogP contribution in [0.3, 0.4) is 0 Å². The predicted octanol–water partition coefficient (Wildman–Crippen LogP) is 1.20. The molecule has 8 nitrogen and oxygen atoms in total. The second-order valence-electron chi connectivity index (χ2n) is 6.52. The summed E-state index contributed by atoms with van der Waals surface area (Å²) >= 11 is 1.17. The van der Waals surface area contributed by atoms with Gasteiger partial charge in [-0.15, -0.1) is 0 Å². The Morgan fingerprint density at radius 3 is 2.54 bits per heavy atom. The van der Waals surface area contributed by atoms with Crippen molar-refractivity contribution >= 4 is 28.7 Å². The van der Waals surface area contributed by atoms with Gasteiger partial charge in [-0.05, 0) is 32.6 Å².